The number of aromatic carboxylic acids is 1. The molecule has 5 nitrogen and oxygen atoms in total. The molecule has 17 heavy (non-hydrogen) atoms. The molecule has 1 aromatic heterocycles. The number of rotatable bonds is 4. The molecule has 0 atom stereocenters. The highest BCUT2D eigenvalue weighted by Crippen LogP contribution is 2.27. The average molecular weight is 273 g/mol. The molecule has 0 aliphatic heterocycles. The van der Waals surface area contributed by atoms with Gasteiger partial charge >= 0.3 is 5.97 Å². The van der Waals surface area contributed by atoms with Crippen molar-refractivity contribution in [1.82, 2.24) is 4.31 Å². The first-order valence-electron chi connectivity index (χ1n) is 4.54. The van der Waals surface area contributed by atoms with E-state index >= 15 is 0 Å². The minimum atomic E-state index is -3.71. The van der Waals surface area contributed by atoms with Crippen LogP contribution in [0.4, 0.5) is 0 Å². The molecule has 1 heterocycles. The summed E-state index contributed by atoms with van der Waals surface area (Å²) in [6, 6.07) is 1.16. The summed E-state index contributed by atoms with van der Waals surface area (Å²) in [4.78, 5) is 11.2. The van der Waals surface area contributed by atoms with Gasteiger partial charge in [0.25, 0.3) is 0 Å². The van der Waals surface area contributed by atoms with Gasteiger partial charge in [-0.1, -0.05) is 5.92 Å². The van der Waals surface area contributed by atoms with Crippen molar-refractivity contribution >= 4 is 27.3 Å². The molecule has 0 saturated heterocycles. The minimum absolute atomic E-state index is 0.00218. The van der Waals surface area contributed by atoms with E-state index in [1.54, 1.807) is 6.92 Å². The molecule has 0 radical (unpaired) electrons. The van der Waals surface area contributed by atoms with E-state index < -0.39 is 16.0 Å². The highest BCUT2D eigenvalue weighted by Gasteiger charge is 2.25. The van der Waals surface area contributed by atoms with Crippen molar-refractivity contribution in [1.29, 1.82) is 0 Å². The highest BCUT2D eigenvalue weighted by atomic mass is 32.2. The Labute approximate surface area is 104 Å². The maximum absolute atomic E-state index is 12.0. The van der Waals surface area contributed by atoms with Gasteiger partial charge in [0, 0.05) is 11.9 Å². The van der Waals surface area contributed by atoms with Crippen LogP contribution in [0.25, 0.3) is 0 Å². The molecular formula is C10H11NO4S2. The largest absolute Gasteiger partial charge is 0.477 e. The molecule has 0 spiro atoms. The van der Waals surface area contributed by atoms with Gasteiger partial charge in [0.05, 0.1) is 11.4 Å². The normalized spacial score (nSPS) is 11.4. The van der Waals surface area contributed by atoms with Crippen molar-refractivity contribution < 1.29 is 18.3 Å². The third-order valence-corrected chi connectivity index (χ3v) is 5.18. The van der Waals surface area contributed by atoms with Crippen molar-refractivity contribution in [2.45, 2.75) is 11.8 Å². The number of sulfonamides is 1. The van der Waals surface area contributed by atoms with Crippen LogP contribution >= 0.6 is 11.3 Å². The molecular weight excluding hydrogens is 262 g/mol. The first kappa shape index (κ1) is 13.7. The number of terminal acetylenes is 1. The average Bonchev–Trinajstić information content (AvgIpc) is 2.61. The number of carboxylic acids is 1. The fraction of sp³-hybridized carbons (Fsp3) is 0.300. The van der Waals surface area contributed by atoms with Crippen LogP contribution in [0.1, 0.15) is 14.5 Å². The molecule has 0 bridgehead atoms. The summed E-state index contributed by atoms with van der Waals surface area (Å²) >= 11 is 0.928. The van der Waals surface area contributed by atoms with Gasteiger partial charge in [0.15, 0.2) is 0 Å². The zero-order valence-electron chi connectivity index (χ0n) is 9.30. The second-order valence-corrected chi connectivity index (χ2v) is 6.57. The van der Waals surface area contributed by atoms with Crippen LogP contribution in [-0.2, 0) is 10.0 Å². The zero-order valence-corrected chi connectivity index (χ0v) is 10.9. The molecule has 1 aromatic rings. The van der Waals surface area contributed by atoms with Crippen LogP contribution in [0.3, 0.4) is 0 Å². The molecule has 0 unspecified atom stereocenters. The van der Waals surface area contributed by atoms with Gasteiger partial charge in [-0.3, -0.25) is 0 Å². The second-order valence-electron chi connectivity index (χ2n) is 3.30. The molecule has 1 rings (SSSR count). The third-order valence-electron chi connectivity index (χ3n) is 2.09. The number of carbonyl (C=O) groups is 1. The van der Waals surface area contributed by atoms with Crippen molar-refractivity contribution in [3.63, 3.8) is 0 Å². The van der Waals surface area contributed by atoms with Crippen LogP contribution in [0.15, 0.2) is 11.0 Å². The summed E-state index contributed by atoms with van der Waals surface area (Å²) in [6.07, 6.45) is 5.05. The van der Waals surface area contributed by atoms with Crippen LogP contribution in [-0.4, -0.2) is 37.4 Å². The Morgan fingerprint density at radius 2 is 2.24 bits per heavy atom. The summed E-state index contributed by atoms with van der Waals surface area (Å²) in [6.45, 7) is 1.51. The van der Waals surface area contributed by atoms with Gasteiger partial charge in [0.1, 0.15) is 4.88 Å². The molecule has 0 aromatic carbocycles. The Morgan fingerprint density at radius 1 is 1.65 bits per heavy atom. The smallest absolute Gasteiger partial charge is 0.345 e. The predicted octanol–water partition coefficient (Wildman–Crippen LogP) is 1.01. The Morgan fingerprint density at radius 3 is 2.65 bits per heavy atom. The molecule has 0 saturated carbocycles. The van der Waals surface area contributed by atoms with E-state index in [1.807, 2.05) is 0 Å². The summed E-state index contributed by atoms with van der Waals surface area (Å²) in [5.74, 6) is 1.09. The fourth-order valence-electron chi connectivity index (χ4n) is 1.21. The lowest BCUT2D eigenvalue weighted by Gasteiger charge is -2.13. The fourth-order valence-corrected chi connectivity index (χ4v) is 3.69. The quantitative estimate of drug-likeness (QED) is 0.831. The van der Waals surface area contributed by atoms with Crippen molar-refractivity contribution in [3.8, 4) is 12.3 Å². The maximum Gasteiger partial charge on any atom is 0.345 e. The number of nitrogens with zero attached hydrogens (tertiary/aromatic N) is 1. The molecule has 0 aliphatic rings. The summed E-state index contributed by atoms with van der Waals surface area (Å²) in [7, 11) is -2.35. The number of hydrogen-bond acceptors (Lipinski definition) is 4. The zero-order chi connectivity index (χ0) is 13.2. The molecule has 7 heteroatoms. The van der Waals surface area contributed by atoms with E-state index in [0.29, 0.717) is 4.88 Å². The summed E-state index contributed by atoms with van der Waals surface area (Å²) in [5.41, 5.74) is 0. The predicted molar refractivity (Wildman–Crippen MR) is 64.7 cm³/mol. The second kappa shape index (κ2) is 4.87. The topological polar surface area (TPSA) is 74.7 Å². The number of hydrogen-bond donors (Lipinski definition) is 1. The van der Waals surface area contributed by atoms with Gasteiger partial charge in [-0.25, -0.2) is 13.2 Å². The first-order chi connectivity index (χ1) is 7.80. The van der Waals surface area contributed by atoms with Crippen molar-refractivity contribution in [3.05, 3.63) is 15.8 Å². The van der Waals surface area contributed by atoms with Crippen molar-refractivity contribution in [2.75, 3.05) is 13.6 Å². The first-order valence-corrected chi connectivity index (χ1v) is 6.80. The Kier molecular flexibility index (Phi) is 3.93. The third kappa shape index (κ3) is 2.66. The van der Waals surface area contributed by atoms with E-state index in [9.17, 15) is 13.2 Å². The monoisotopic (exact) mass is 273 g/mol. The van der Waals surface area contributed by atoms with Gasteiger partial charge in [0.2, 0.25) is 10.0 Å². The number of aryl methyl sites for hydroxylation is 1. The highest BCUT2D eigenvalue weighted by molar-refractivity contribution is 7.89. The Hall–Kier alpha value is -1.36. The summed E-state index contributed by atoms with van der Waals surface area (Å²) < 4.78 is 25.1. The lowest BCUT2D eigenvalue weighted by Crippen LogP contribution is -2.27. The number of thiophene rings is 1. The molecule has 92 valence electrons. The maximum atomic E-state index is 12.0. The van der Waals surface area contributed by atoms with Gasteiger partial charge < -0.3 is 5.11 Å². The standard InChI is InChI=1S/C10H11NO4S2/c1-4-5-11(3)17(14,15)9-6-8(10(12)13)16-7(9)2/h1,6H,5H2,2-3H3,(H,12,13). The van der Waals surface area contributed by atoms with E-state index in [0.717, 1.165) is 21.7 Å². The van der Waals surface area contributed by atoms with E-state index in [4.69, 9.17) is 11.5 Å². The van der Waals surface area contributed by atoms with Crippen LogP contribution in [0.2, 0.25) is 0 Å². The van der Waals surface area contributed by atoms with Gasteiger partial charge in [-0.05, 0) is 13.0 Å². The van der Waals surface area contributed by atoms with Crippen molar-refractivity contribution in [2.24, 2.45) is 0 Å². The van der Waals surface area contributed by atoms with Crippen LogP contribution in [0, 0.1) is 19.3 Å². The SMILES string of the molecule is C#CCN(C)S(=O)(=O)c1cc(C(=O)O)sc1C. The lowest BCUT2D eigenvalue weighted by atomic mass is 10.4. The molecule has 1 N–H and O–H groups in total. The molecule has 0 fully saturated rings. The van der Waals surface area contributed by atoms with E-state index in [-0.39, 0.29) is 16.3 Å². The minimum Gasteiger partial charge on any atom is -0.477 e. The summed E-state index contributed by atoms with van der Waals surface area (Å²) in [5, 5.41) is 8.80. The van der Waals surface area contributed by atoms with Gasteiger partial charge in [-0.2, -0.15) is 4.31 Å². The molecule has 0 amide bonds. The molecule has 0 aliphatic carbocycles. The Bertz CT molecular complexity index is 580. The van der Waals surface area contributed by atoms with Crippen LogP contribution in [0.5, 0.6) is 0 Å². The Balaban J connectivity index is 3.25. The van der Waals surface area contributed by atoms with E-state index in [2.05, 4.69) is 5.92 Å². The van der Waals surface area contributed by atoms with Gasteiger partial charge in [-0.15, -0.1) is 17.8 Å². The van der Waals surface area contributed by atoms with Crippen LogP contribution < -0.4 is 0 Å². The number of carboxylic acid groups (broad SMARTS) is 1. The lowest BCUT2D eigenvalue weighted by molar-refractivity contribution is 0.0702. The van der Waals surface area contributed by atoms with E-state index in [1.165, 1.54) is 7.05 Å².